The number of sulfonamides is 1. The lowest BCUT2D eigenvalue weighted by atomic mass is 10.1. The van der Waals surface area contributed by atoms with Gasteiger partial charge in [0.2, 0.25) is 5.91 Å². The second kappa shape index (κ2) is 5.96. The molecule has 0 bridgehead atoms. The molecule has 0 aromatic heterocycles. The fourth-order valence-corrected chi connectivity index (χ4v) is 4.92. The maximum atomic E-state index is 13.1. The van der Waals surface area contributed by atoms with Gasteiger partial charge in [0.25, 0.3) is 10.0 Å². The molecule has 1 aliphatic heterocycles. The van der Waals surface area contributed by atoms with Crippen LogP contribution < -0.4 is 9.62 Å². The van der Waals surface area contributed by atoms with Crippen molar-refractivity contribution in [3.05, 3.63) is 65.4 Å². The first-order valence-corrected chi connectivity index (χ1v) is 9.49. The van der Waals surface area contributed by atoms with Crippen LogP contribution in [0.3, 0.4) is 0 Å². The minimum Gasteiger partial charge on any atom is -0.323 e. The summed E-state index contributed by atoms with van der Waals surface area (Å²) in [4.78, 5) is 12.6. The summed E-state index contributed by atoms with van der Waals surface area (Å²) in [6, 6.07) is 13.8. The second-order valence-corrected chi connectivity index (χ2v) is 8.05. The van der Waals surface area contributed by atoms with Crippen LogP contribution >= 0.6 is 11.6 Å². The Kier molecular flexibility index (Phi) is 3.86. The van der Waals surface area contributed by atoms with Crippen molar-refractivity contribution in [3.63, 3.8) is 0 Å². The zero-order valence-electron chi connectivity index (χ0n) is 13.2. The molecule has 1 aliphatic rings. The van der Waals surface area contributed by atoms with Crippen molar-refractivity contribution >= 4 is 49.7 Å². The van der Waals surface area contributed by atoms with E-state index >= 15 is 0 Å². The Morgan fingerprint density at radius 2 is 1.85 bits per heavy atom. The summed E-state index contributed by atoms with van der Waals surface area (Å²) in [7, 11) is -3.82. The third kappa shape index (κ3) is 2.60. The summed E-state index contributed by atoms with van der Waals surface area (Å²) in [5.41, 5.74) is 0.670. The fourth-order valence-electron chi connectivity index (χ4n) is 3.04. The summed E-state index contributed by atoms with van der Waals surface area (Å²) < 4.78 is 39.8. The maximum absolute atomic E-state index is 13.1. The first-order chi connectivity index (χ1) is 12.4. The van der Waals surface area contributed by atoms with Crippen LogP contribution in [0.5, 0.6) is 0 Å². The highest BCUT2D eigenvalue weighted by Crippen LogP contribution is 2.41. The molecule has 3 aromatic rings. The van der Waals surface area contributed by atoms with Gasteiger partial charge >= 0.3 is 0 Å². The Balaban J connectivity index is 1.67. The molecule has 0 radical (unpaired) electrons. The minimum atomic E-state index is -3.82. The smallest absolute Gasteiger partial charge is 0.265 e. The molecular weight excluding hydrogens is 379 g/mol. The van der Waals surface area contributed by atoms with Gasteiger partial charge in [0, 0.05) is 5.39 Å². The normalized spacial score (nSPS) is 14.6. The van der Waals surface area contributed by atoms with E-state index in [1.165, 1.54) is 12.1 Å². The van der Waals surface area contributed by atoms with Gasteiger partial charge in [-0.3, -0.25) is 9.10 Å². The first kappa shape index (κ1) is 16.8. The molecule has 26 heavy (non-hydrogen) atoms. The van der Waals surface area contributed by atoms with Crippen molar-refractivity contribution in [3.8, 4) is 0 Å². The molecule has 0 fully saturated rings. The van der Waals surface area contributed by atoms with Crippen molar-refractivity contribution in [1.82, 2.24) is 0 Å². The van der Waals surface area contributed by atoms with E-state index in [9.17, 15) is 17.6 Å². The zero-order chi connectivity index (χ0) is 18.5. The lowest BCUT2D eigenvalue weighted by molar-refractivity contribution is -0.114. The van der Waals surface area contributed by atoms with Crippen LogP contribution in [0.15, 0.2) is 59.5 Å². The van der Waals surface area contributed by atoms with Crippen molar-refractivity contribution in [2.75, 3.05) is 16.2 Å². The molecule has 1 amide bonds. The number of anilines is 2. The SMILES string of the molecule is O=C(CN1c2cccc3cccc(c23)S1(=O)=O)Nc1ccc(F)cc1Cl. The zero-order valence-corrected chi connectivity index (χ0v) is 14.8. The van der Waals surface area contributed by atoms with E-state index in [2.05, 4.69) is 5.32 Å². The van der Waals surface area contributed by atoms with Crippen molar-refractivity contribution in [1.29, 1.82) is 0 Å². The topological polar surface area (TPSA) is 66.5 Å². The number of nitrogens with zero attached hydrogens (tertiary/aromatic N) is 1. The summed E-state index contributed by atoms with van der Waals surface area (Å²) in [6.07, 6.45) is 0. The Bertz CT molecular complexity index is 1160. The van der Waals surface area contributed by atoms with E-state index in [1.54, 1.807) is 18.2 Å². The molecule has 0 atom stereocenters. The number of hydrogen-bond donors (Lipinski definition) is 1. The molecule has 132 valence electrons. The summed E-state index contributed by atoms with van der Waals surface area (Å²) in [5, 5.41) is 3.94. The monoisotopic (exact) mass is 390 g/mol. The molecule has 4 rings (SSSR count). The van der Waals surface area contributed by atoms with Crippen LogP contribution in [0.1, 0.15) is 0 Å². The van der Waals surface area contributed by atoms with Crippen molar-refractivity contribution < 1.29 is 17.6 Å². The van der Waals surface area contributed by atoms with E-state index in [4.69, 9.17) is 11.6 Å². The van der Waals surface area contributed by atoms with Crippen molar-refractivity contribution in [2.24, 2.45) is 0 Å². The van der Waals surface area contributed by atoms with Crippen LogP contribution in [0, 0.1) is 5.82 Å². The predicted octanol–water partition coefficient (Wildman–Crippen LogP) is 3.78. The van der Waals surface area contributed by atoms with E-state index in [0.717, 1.165) is 21.8 Å². The van der Waals surface area contributed by atoms with Crippen LogP contribution in [0.2, 0.25) is 5.02 Å². The van der Waals surface area contributed by atoms with E-state index in [0.29, 0.717) is 11.1 Å². The van der Waals surface area contributed by atoms with E-state index in [1.807, 2.05) is 12.1 Å². The third-order valence-electron chi connectivity index (χ3n) is 4.17. The van der Waals surface area contributed by atoms with Crippen LogP contribution in [-0.4, -0.2) is 20.9 Å². The minimum absolute atomic E-state index is 0.0352. The quantitative estimate of drug-likeness (QED) is 0.740. The van der Waals surface area contributed by atoms with E-state index < -0.39 is 28.3 Å². The predicted molar refractivity (Wildman–Crippen MR) is 98.5 cm³/mol. The van der Waals surface area contributed by atoms with Gasteiger partial charge in [-0.05, 0) is 35.7 Å². The number of carbonyl (C=O) groups is 1. The molecule has 1 N–H and O–H groups in total. The van der Waals surface area contributed by atoms with Gasteiger partial charge in [0.1, 0.15) is 12.4 Å². The van der Waals surface area contributed by atoms with Crippen LogP contribution in [0.4, 0.5) is 15.8 Å². The van der Waals surface area contributed by atoms with Crippen LogP contribution in [-0.2, 0) is 14.8 Å². The largest absolute Gasteiger partial charge is 0.323 e. The molecular formula is C18H12ClFN2O3S. The maximum Gasteiger partial charge on any atom is 0.265 e. The van der Waals surface area contributed by atoms with Crippen molar-refractivity contribution in [2.45, 2.75) is 4.90 Å². The number of halogens is 2. The Hall–Kier alpha value is -2.64. The van der Waals surface area contributed by atoms with Gasteiger partial charge in [-0.25, -0.2) is 12.8 Å². The molecule has 8 heteroatoms. The average molecular weight is 391 g/mol. The van der Waals surface area contributed by atoms with Gasteiger partial charge in [0.15, 0.2) is 0 Å². The number of benzene rings is 3. The molecule has 0 saturated carbocycles. The Morgan fingerprint density at radius 3 is 2.58 bits per heavy atom. The average Bonchev–Trinajstić information content (AvgIpc) is 2.81. The Labute approximate surface area is 154 Å². The molecule has 0 spiro atoms. The highest BCUT2D eigenvalue weighted by molar-refractivity contribution is 7.93. The summed E-state index contributed by atoms with van der Waals surface area (Å²) >= 11 is 5.90. The van der Waals surface area contributed by atoms with Gasteiger partial charge < -0.3 is 5.32 Å². The first-order valence-electron chi connectivity index (χ1n) is 7.67. The number of hydrogen-bond acceptors (Lipinski definition) is 3. The fraction of sp³-hybridized carbons (Fsp3) is 0.0556. The second-order valence-electron chi connectivity index (χ2n) is 5.82. The molecule has 0 aliphatic carbocycles. The van der Waals surface area contributed by atoms with Crippen LogP contribution in [0.25, 0.3) is 10.8 Å². The number of nitrogens with one attached hydrogen (secondary N) is 1. The van der Waals surface area contributed by atoms with E-state index in [-0.39, 0.29) is 15.6 Å². The number of rotatable bonds is 3. The molecule has 3 aromatic carbocycles. The molecule has 0 unspecified atom stereocenters. The number of amides is 1. The highest BCUT2D eigenvalue weighted by atomic mass is 35.5. The third-order valence-corrected chi connectivity index (χ3v) is 6.29. The lowest BCUT2D eigenvalue weighted by Crippen LogP contribution is -2.35. The number of carbonyl (C=O) groups excluding carboxylic acids is 1. The standard InChI is InChI=1S/C18H12ClFN2O3S/c19-13-9-12(20)7-8-14(13)21-17(23)10-22-15-5-1-3-11-4-2-6-16(18(11)15)26(22,24)25/h1-9H,10H2,(H,21,23). The Morgan fingerprint density at radius 1 is 1.12 bits per heavy atom. The molecule has 1 heterocycles. The van der Waals surface area contributed by atoms with Gasteiger partial charge in [-0.1, -0.05) is 35.9 Å². The molecule has 0 saturated heterocycles. The lowest BCUT2D eigenvalue weighted by Gasteiger charge is -2.18. The summed E-state index contributed by atoms with van der Waals surface area (Å²) in [5.74, 6) is -1.11. The highest BCUT2D eigenvalue weighted by Gasteiger charge is 2.36. The molecule has 5 nitrogen and oxygen atoms in total. The van der Waals surface area contributed by atoms with Gasteiger partial charge in [0.05, 0.1) is 21.3 Å². The van der Waals surface area contributed by atoms with Gasteiger partial charge in [-0.15, -0.1) is 0 Å². The summed E-state index contributed by atoms with van der Waals surface area (Å²) in [6.45, 7) is -0.413. The van der Waals surface area contributed by atoms with Gasteiger partial charge in [-0.2, -0.15) is 0 Å².